The number of aliphatic hydroxyl groups is 1. The minimum Gasteiger partial charge on any atom is -0.495 e. The van der Waals surface area contributed by atoms with Crippen LogP contribution in [0, 0.1) is 0 Å². The number of guanidine groups is 1. The molecule has 6 nitrogen and oxygen atoms in total. The second-order valence-corrected chi connectivity index (χ2v) is 7.33. The molecule has 0 spiro atoms. The summed E-state index contributed by atoms with van der Waals surface area (Å²) in [5.74, 6) is 1.57. The zero-order valence-electron chi connectivity index (χ0n) is 14.9. The Morgan fingerprint density at radius 3 is 2.92 bits per heavy atom. The Morgan fingerprint density at radius 1 is 1.48 bits per heavy atom. The van der Waals surface area contributed by atoms with Crippen molar-refractivity contribution in [3.8, 4) is 5.75 Å². The van der Waals surface area contributed by atoms with Crippen LogP contribution < -0.4 is 20.3 Å². The molecule has 1 aromatic carbocycles. The largest absolute Gasteiger partial charge is 0.495 e. The molecule has 1 saturated heterocycles. The third-order valence-corrected chi connectivity index (χ3v) is 5.34. The summed E-state index contributed by atoms with van der Waals surface area (Å²) in [4.78, 5) is 6.55. The summed E-state index contributed by atoms with van der Waals surface area (Å²) in [6, 6.07) is 5.97. The molecule has 1 unspecified atom stereocenters. The van der Waals surface area contributed by atoms with Crippen molar-refractivity contribution < 1.29 is 9.84 Å². The Morgan fingerprint density at radius 2 is 2.28 bits per heavy atom. The minimum absolute atomic E-state index is 0.283. The van der Waals surface area contributed by atoms with E-state index in [1.807, 2.05) is 18.2 Å². The lowest BCUT2D eigenvalue weighted by Crippen LogP contribution is -2.52. The SMILES string of the molecule is CN=C(NCC1(O)CCC1)NC1CCN(c2cc(Cl)ccc2OC)C1. The highest BCUT2D eigenvalue weighted by Gasteiger charge is 2.34. The van der Waals surface area contributed by atoms with Gasteiger partial charge in [0.15, 0.2) is 5.96 Å². The van der Waals surface area contributed by atoms with Crippen LogP contribution >= 0.6 is 11.6 Å². The summed E-state index contributed by atoms with van der Waals surface area (Å²) in [5.41, 5.74) is 0.457. The number of methoxy groups -OCH3 is 1. The monoisotopic (exact) mass is 366 g/mol. The Bertz CT molecular complexity index is 634. The molecule has 0 bridgehead atoms. The normalized spacial score (nSPS) is 22.5. The predicted octanol–water partition coefficient (Wildman–Crippen LogP) is 2.01. The molecule has 1 aliphatic heterocycles. The van der Waals surface area contributed by atoms with Crippen LogP contribution in [0.25, 0.3) is 0 Å². The second-order valence-electron chi connectivity index (χ2n) is 6.90. The highest BCUT2D eigenvalue weighted by Crippen LogP contribution is 2.33. The minimum atomic E-state index is -0.562. The Kier molecular flexibility index (Phi) is 5.59. The predicted molar refractivity (Wildman–Crippen MR) is 102 cm³/mol. The van der Waals surface area contributed by atoms with Gasteiger partial charge in [0.2, 0.25) is 0 Å². The van der Waals surface area contributed by atoms with Gasteiger partial charge in [0.05, 0.1) is 18.4 Å². The van der Waals surface area contributed by atoms with Gasteiger partial charge in [-0.1, -0.05) is 11.6 Å². The summed E-state index contributed by atoms with van der Waals surface area (Å²) in [5, 5.41) is 17.6. The average Bonchev–Trinajstić information content (AvgIpc) is 3.05. The summed E-state index contributed by atoms with van der Waals surface area (Å²) in [7, 11) is 3.43. The van der Waals surface area contributed by atoms with Gasteiger partial charge >= 0.3 is 0 Å². The molecule has 1 saturated carbocycles. The molecule has 0 amide bonds. The van der Waals surface area contributed by atoms with Crippen molar-refractivity contribution in [3.63, 3.8) is 0 Å². The van der Waals surface area contributed by atoms with Crippen LogP contribution in [0.2, 0.25) is 5.02 Å². The number of ether oxygens (including phenoxy) is 1. The molecule has 3 rings (SSSR count). The molecule has 2 fully saturated rings. The van der Waals surface area contributed by atoms with Crippen molar-refractivity contribution >= 4 is 23.2 Å². The number of nitrogens with zero attached hydrogens (tertiary/aromatic N) is 2. The number of anilines is 1. The summed E-state index contributed by atoms with van der Waals surface area (Å²) in [6.07, 6.45) is 3.83. The maximum atomic E-state index is 10.2. The third-order valence-electron chi connectivity index (χ3n) is 5.10. The van der Waals surface area contributed by atoms with Crippen LogP contribution in [0.15, 0.2) is 23.2 Å². The smallest absolute Gasteiger partial charge is 0.191 e. The van der Waals surface area contributed by atoms with E-state index in [1.54, 1.807) is 14.2 Å². The van der Waals surface area contributed by atoms with Crippen molar-refractivity contribution in [2.45, 2.75) is 37.3 Å². The first kappa shape index (κ1) is 18.1. The van der Waals surface area contributed by atoms with Crippen molar-refractivity contribution in [1.82, 2.24) is 10.6 Å². The van der Waals surface area contributed by atoms with E-state index in [0.717, 1.165) is 56.2 Å². The van der Waals surface area contributed by atoms with Crippen LogP contribution in [0.4, 0.5) is 5.69 Å². The molecule has 0 aromatic heterocycles. The molecule has 138 valence electrons. The van der Waals surface area contributed by atoms with Crippen LogP contribution in [-0.4, -0.2) is 56.5 Å². The topological polar surface area (TPSA) is 69.1 Å². The van der Waals surface area contributed by atoms with Gasteiger partial charge in [-0.05, 0) is 43.9 Å². The Hall–Kier alpha value is -1.66. The van der Waals surface area contributed by atoms with Crippen LogP contribution in [0.1, 0.15) is 25.7 Å². The molecule has 2 aliphatic rings. The standard InChI is InChI=1S/C18H27ClN4O2/c1-20-17(21-12-18(24)7-3-8-18)22-14-6-9-23(11-14)15-10-13(19)4-5-16(15)25-2/h4-5,10,14,24H,3,6-9,11-12H2,1-2H3,(H2,20,21,22). The van der Waals surface area contributed by atoms with Gasteiger partial charge in [0.25, 0.3) is 0 Å². The zero-order valence-corrected chi connectivity index (χ0v) is 15.6. The van der Waals surface area contributed by atoms with Crippen molar-refractivity contribution in [1.29, 1.82) is 0 Å². The van der Waals surface area contributed by atoms with Crippen LogP contribution in [0.3, 0.4) is 0 Å². The van der Waals surface area contributed by atoms with Gasteiger partial charge in [-0.3, -0.25) is 4.99 Å². The second kappa shape index (κ2) is 7.70. The van der Waals surface area contributed by atoms with Crippen molar-refractivity contribution in [3.05, 3.63) is 23.2 Å². The van der Waals surface area contributed by atoms with E-state index < -0.39 is 5.60 Å². The first-order valence-electron chi connectivity index (χ1n) is 8.81. The molecule has 1 atom stereocenters. The fourth-order valence-electron chi connectivity index (χ4n) is 3.41. The number of aliphatic imine (C=N–C) groups is 1. The molecule has 1 aliphatic carbocycles. The number of halogens is 1. The van der Waals surface area contributed by atoms with E-state index in [1.165, 1.54) is 0 Å². The summed E-state index contributed by atoms with van der Waals surface area (Å²) in [6.45, 7) is 2.32. The van der Waals surface area contributed by atoms with Crippen LogP contribution in [-0.2, 0) is 0 Å². The summed E-state index contributed by atoms with van der Waals surface area (Å²) >= 11 is 6.15. The number of rotatable bonds is 5. The highest BCUT2D eigenvalue weighted by molar-refractivity contribution is 6.30. The average molecular weight is 367 g/mol. The van der Waals surface area contributed by atoms with Crippen molar-refractivity contribution in [2.24, 2.45) is 4.99 Å². The zero-order chi connectivity index (χ0) is 17.9. The van der Waals surface area contributed by atoms with Crippen LogP contribution in [0.5, 0.6) is 5.75 Å². The maximum absolute atomic E-state index is 10.2. The molecule has 7 heteroatoms. The number of nitrogens with one attached hydrogen (secondary N) is 2. The van der Waals surface area contributed by atoms with E-state index in [0.29, 0.717) is 11.6 Å². The molecule has 1 aromatic rings. The van der Waals surface area contributed by atoms with Gasteiger partial charge in [-0.15, -0.1) is 0 Å². The number of benzene rings is 1. The lowest BCUT2D eigenvalue weighted by molar-refractivity contribution is -0.0279. The van der Waals surface area contributed by atoms with E-state index >= 15 is 0 Å². The third kappa shape index (κ3) is 4.30. The lowest BCUT2D eigenvalue weighted by atomic mass is 9.80. The number of hydrogen-bond donors (Lipinski definition) is 3. The molecule has 25 heavy (non-hydrogen) atoms. The van der Waals surface area contributed by atoms with E-state index in [2.05, 4.69) is 20.5 Å². The molecule has 1 heterocycles. The Labute approximate surface area is 154 Å². The van der Waals surface area contributed by atoms with Gasteiger partial charge in [-0.2, -0.15) is 0 Å². The quantitative estimate of drug-likeness (QED) is 0.549. The first-order valence-corrected chi connectivity index (χ1v) is 9.19. The van der Waals surface area contributed by atoms with Gasteiger partial charge in [0, 0.05) is 37.7 Å². The molecule has 0 radical (unpaired) electrons. The first-order chi connectivity index (χ1) is 12.0. The highest BCUT2D eigenvalue weighted by atomic mass is 35.5. The Balaban J connectivity index is 1.56. The van der Waals surface area contributed by atoms with Gasteiger partial charge in [0.1, 0.15) is 5.75 Å². The maximum Gasteiger partial charge on any atom is 0.191 e. The molecular formula is C18H27ClN4O2. The lowest BCUT2D eigenvalue weighted by Gasteiger charge is -2.37. The molecule has 3 N–H and O–H groups in total. The fraction of sp³-hybridized carbons (Fsp3) is 0.611. The van der Waals surface area contributed by atoms with Crippen molar-refractivity contribution in [2.75, 3.05) is 38.7 Å². The van der Waals surface area contributed by atoms with E-state index in [9.17, 15) is 5.11 Å². The summed E-state index contributed by atoms with van der Waals surface area (Å²) < 4.78 is 5.46. The van der Waals surface area contributed by atoms with E-state index in [4.69, 9.17) is 16.3 Å². The van der Waals surface area contributed by atoms with Gasteiger partial charge in [-0.25, -0.2) is 0 Å². The molecular weight excluding hydrogens is 340 g/mol. The number of hydrogen-bond acceptors (Lipinski definition) is 4. The fourth-order valence-corrected chi connectivity index (χ4v) is 3.57. The van der Waals surface area contributed by atoms with Gasteiger partial charge < -0.3 is 25.4 Å². The van der Waals surface area contributed by atoms with E-state index in [-0.39, 0.29) is 6.04 Å².